The second-order valence-corrected chi connectivity index (χ2v) is 7.60. The van der Waals surface area contributed by atoms with Crippen molar-refractivity contribution in [2.45, 2.75) is 5.72 Å². The molecule has 0 aromatic heterocycles. The maximum atomic E-state index is 6.74. The average molecular weight is 420 g/mol. The minimum Gasteiger partial charge on any atom is -0.493 e. The highest BCUT2D eigenvalue weighted by atomic mass is 79.9. The Morgan fingerprint density at radius 3 is 2.52 bits per heavy atom. The fourth-order valence-corrected chi connectivity index (χ4v) is 4.52. The number of halogens is 1. The lowest BCUT2D eigenvalue weighted by atomic mass is 9.84. The molecule has 3 aromatic rings. The topological polar surface area (TPSA) is 21.7 Å². The molecule has 4 heteroatoms. The van der Waals surface area contributed by atoms with Crippen LogP contribution < -0.4 is 14.4 Å². The number of hydrogen-bond donors (Lipinski definition) is 0. The van der Waals surface area contributed by atoms with Crippen LogP contribution in [0.5, 0.6) is 11.5 Å². The lowest BCUT2D eigenvalue weighted by Crippen LogP contribution is -2.50. The fourth-order valence-electron chi connectivity index (χ4n) is 4.07. The summed E-state index contributed by atoms with van der Waals surface area (Å²) in [6, 6.07) is 20.8. The molecule has 0 amide bonds. The van der Waals surface area contributed by atoms with Crippen LogP contribution in [0.2, 0.25) is 0 Å². The van der Waals surface area contributed by atoms with E-state index < -0.39 is 5.72 Å². The van der Waals surface area contributed by atoms with Gasteiger partial charge in [0.05, 0.1) is 7.11 Å². The van der Waals surface area contributed by atoms with Crippen LogP contribution in [0.15, 0.2) is 71.2 Å². The van der Waals surface area contributed by atoms with Crippen molar-refractivity contribution in [3.8, 4) is 22.6 Å². The van der Waals surface area contributed by atoms with Crippen LogP contribution in [0.3, 0.4) is 0 Å². The predicted octanol–water partition coefficient (Wildman–Crippen LogP) is 5.83. The molecule has 0 saturated heterocycles. The number of benzene rings is 3. The number of fused-ring (bicyclic) bond motifs is 5. The Labute approximate surface area is 167 Å². The van der Waals surface area contributed by atoms with E-state index in [2.05, 4.69) is 88.6 Å². The molecule has 0 bridgehead atoms. The van der Waals surface area contributed by atoms with E-state index in [1.165, 1.54) is 11.1 Å². The largest absolute Gasteiger partial charge is 0.493 e. The second-order valence-electron chi connectivity index (χ2n) is 6.75. The Balaban J connectivity index is 1.79. The highest BCUT2D eigenvalue weighted by Crippen LogP contribution is 2.52. The molecule has 134 valence electrons. The third-order valence-corrected chi connectivity index (χ3v) is 6.12. The maximum Gasteiger partial charge on any atom is 0.229 e. The Morgan fingerprint density at radius 2 is 1.70 bits per heavy atom. The van der Waals surface area contributed by atoms with Crippen molar-refractivity contribution >= 4 is 27.7 Å². The van der Waals surface area contributed by atoms with E-state index in [9.17, 15) is 0 Å². The van der Waals surface area contributed by atoms with Crippen molar-refractivity contribution in [2.24, 2.45) is 0 Å². The van der Waals surface area contributed by atoms with Crippen molar-refractivity contribution in [1.82, 2.24) is 0 Å². The maximum absolute atomic E-state index is 6.74. The Morgan fingerprint density at radius 1 is 0.963 bits per heavy atom. The molecule has 3 nitrogen and oxygen atoms in total. The Bertz CT molecular complexity index is 1090. The van der Waals surface area contributed by atoms with Gasteiger partial charge in [-0.1, -0.05) is 58.4 Å². The van der Waals surface area contributed by atoms with Gasteiger partial charge in [-0.05, 0) is 35.9 Å². The summed E-state index contributed by atoms with van der Waals surface area (Å²) >= 11 is 3.63. The smallest absolute Gasteiger partial charge is 0.229 e. The number of para-hydroxylation sites is 1. The van der Waals surface area contributed by atoms with Crippen molar-refractivity contribution in [2.75, 3.05) is 19.1 Å². The van der Waals surface area contributed by atoms with Gasteiger partial charge in [-0.25, -0.2) is 0 Å². The normalized spacial score (nSPS) is 19.1. The molecule has 0 saturated carbocycles. The first-order valence-electron chi connectivity index (χ1n) is 8.83. The fraction of sp³-hybridized carbons (Fsp3) is 0.130. The number of rotatable bonds is 1. The summed E-state index contributed by atoms with van der Waals surface area (Å²) in [6.07, 6.45) is 4.25. The molecule has 0 aliphatic carbocycles. The standard InChI is InChI=1S/C23H18BrNO2/c1-25-20-10-6-4-8-16(20)15-7-3-5-9-18(15)23(25)14-13-17-19(24)11-12-21(26-2)22(17)27-23/h3-14H,1-2H3. The number of nitrogens with zero attached hydrogens (tertiary/aromatic N) is 1. The van der Waals surface area contributed by atoms with Gasteiger partial charge in [-0.15, -0.1) is 0 Å². The van der Waals surface area contributed by atoms with Gasteiger partial charge in [0.1, 0.15) is 0 Å². The lowest BCUT2D eigenvalue weighted by Gasteiger charge is -2.47. The highest BCUT2D eigenvalue weighted by Gasteiger charge is 2.45. The molecule has 2 aliphatic rings. The molecule has 0 N–H and O–H groups in total. The summed E-state index contributed by atoms with van der Waals surface area (Å²) in [4.78, 5) is 2.20. The molecule has 2 heterocycles. The van der Waals surface area contributed by atoms with Gasteiger partial charge in [-0.2, -0.15) is 0 Å². The zero-order valence-corrected chi connectivity index (χ0v) is 16.7. The zero-order valence-electron chi connectivity index (χ0n) is 15.1. The quantitative estimate of drug-likeness (QED) is 0.494. The van der Waals surface area contributed by atoms with Crippen molar-refractivity contribution in [3.63, 3.8) is 0 Å². The van der Waals surface area contributed by atoms with Crippen LogP contribution >= 0.6 is 15.9 Å². The van der Waals surface area contributed by atoms with E-state index in [0.717, 1.165) is 32.8 Å². The predicted molar refractivity (Wildman–Crippen MR) is 112 cm³/mol. The summed E-state index contributed by atoms with van der Waals surface area (Å²) in [5.41, 5.74) is 4.92. The third-order valence-electron chi connectivity index (χ3n) is 5.43. The molecule has 0 fully saturated rings. The lowest BCUT2D eigenvalue weighted by molar-refractivity contribution is 0.111. The second kappa shape index (κ2) is 5.89. The summed E-state index contributed by atoms with van der Waals surface area (Å²) < 4.78 is 13.3. The molecular weight excluding hydrogens is 402 g/mol. The number of ether oxygens (including phenoxy) is 2. The van der Waals surface area contributed by atoms with Gasteiger partial charge in [0.15, 0.2) is 11.5 Å². The first kappa shape index (κ1) is 16.5. The van der Waals surface area contributed by atoms with E-state index in [1.807, 2.05) is 12.1 Å². The minimum absolute atomic E-state index is 0.724. The minimum atomic E-state index is -0.730. The van der Waals surface area contributed by atoms with Crippen LogP contribution in [-0.2, 0) is 5.72 Å². The van der Waals surface area contributed by atoms with E-state index in [4.69, 9.17) is 9.47 Å². The summed E-state index contributed by atoms with van der Waals surface area (Å²) in [5, 5.41) is 0. The Kier molecular flexibility index (Phi) is 3.59. The summed E-state index contributed by atoms with van der Waals surface area (Å²) in [6.45, 7) is 0. The zero-order chi connectivity index (χ0) is 18.6. The van der Waals surface area contributed by atoms with Gasteiger partial charge < -0.3 is 14.4 Å². The molecule has 5 rings (SSSR count). The molecule has 3 aromatic carbocycles. The van der Waals surface area contributed by atoms with E-state index in [-0.39, 0.29) is 0 Å². The van der Waals surface area contributed by atoms with Crippen molar-refractivity contribution < 1.29 is 9.47 Å². The molecule has 1 spiro atoms. The highest BCUT2D eigenvalue weighted by molar-refractivity contribution is 9.10. The van der Waals surface area contributed by atoms with Gasteiger partial charge in [0.2, 0.25) is 5.72 Å². The van der Waals surface area contributed by atoms with Crippen molar-refractivity contribution in [3.05, 3.63) is 82.3 Å². The van der Waals surface area contributed by atoms with Crippen LogP contribution in [0.25, 0.3) is 17.2 Å². The molecule has 1 atom stereocenters. The van der Waals surface area contributed by atoms with E-state index >= 15 is 0 Å². The average Bonchev–Trinajstić information content (AvgIpc) is 2.72. The van der Waals surface area contributed by atoms with Crippen molar-refractivity contribution in [1.29, 1.82) is 0 Å². The summed E-state index contributed by atoms with van der Waals surface area (Å²) in [7, 11) is 3.75. The molecule has 1 unspecified atom stereocenters. The first-order chi connectivity index (χ1) is 13.2. The van der Waals surface area contributed by atoms with Gasteiger partial charge in [0.25, 0.3) is 0 Å². The SMILES string of the molecule is COc1ccc(Br)c2c1OC1(C=C2)c2ccccc2-c2ccccc2N1C. The number of likely N-dealkylation sites (N-methyl/N-ethyl adjacent to an activating group) is 1. The molecule has 0 radical (unpaired) electrons. The number of hydrogen-bond acceptors (Lipinski definition) is 3. The summed E-state index contributed by atoms with van der Waals surface area (Å²) in [5.74, 6) is 1.47. The molecule has 2 aliphatic heterocycles. The van der Waals surface area contributed by atoms with Gasteiger partial charge >= 0.3 is 0 Å². The van der Waals surface area contributed by atoms with Gasteiger partial charge in [0, 0.05) is 33.9 Å². The first-order valence-corrected chi connectivity index (χ1v) is 9.62. The van der Waals surface area contributed by atoms with Crippen LogP contribution in [-0.4, -0.2) is 14.2 Å². The Hall–Kier alpha value is -2.72. The monoisotopic (exact) mass is 419 g/mol. The number of anilines is 1. The van der Waals surface area contributed by atoms with E-state index in [0.29, 0.717) is 0 Å². The van der Waals surface area contributed by atoms with E-state index in [1.54, 1.807) is 7.11 Å². The number of methoxy groups -OCH3 is 1. The molecular formula is C23H18BrNO2. The van der Waals surface area contributed by atoms with Crippen LogP contribution in [0, 0.1) is 0 Å². The molecule has 27 heavy (non-hydrogen) atoms. The third kappa shape index (κ3) is 2.20. The van der Waals surface area contributed by atoms with Crippen LogP contribution in [0.1, 0.15) is 11.1 Å². The van der Waals surface area contributed by atoms with Gasteiger partial charge in [-0.3, -0.25) is 0 Å². The van der Waals surface area contributed by atoms with Crippen LogP contribution in [0.4, 0.5) is 5.69 Å².